The number of alkyl halides is 1. The number of hydrogen-bond donors (Lipinski definition) is 0. The predicted octanol–water partition coefficient (Wildman–Crippen LogP) is 4.10. The molecule has 0 aliphatic heterocycles. The Bertz CT molecular complexity index is 699. The molecule has 3 heterocycles. The Labute approximate surface area is 125 Å². The van der Waals surface area contributed by atoms with E-state index in [1.54, 1.807) is 24.8 Å². The summed E-state index contributed by atoms with van der Waals surface area (Å²) in [5.41, 5.74) is 5.39. The summed E-state index contributed by atoms with van der Waals surface area (Å²) < 4.78 is 0. The lowest BCUT2D eigenvalue weighted by molar-refractivity contribution is 1.24. The molecule has 4 heteroatoms. The number of pyridine rings is 3. The summed E-state index contributed by atoms with van der Waals surface area (Å²) in [6.45, 7) is 0. The molecule has 0 bridgehead atoms. The molecular formula is C16H12BrN3. The Morgan fingerprint density at radius 1 is 0.850 bits per heavy atom. The molecule has 0 aromatic carbocycles. The van der Waals surface area contributed by atoms with Gasteiger partial charge in [-0.2, -0.15) is 0 Å². The SMILES string of the molecule is BrCc1cnc(-c2ccncc2)c(-c2ccncc2)c1. The average molecular weight is 326 g/mol. The van der Waals surface area contributed by atoms with Gasteiger partial charge in [0.25, 0.3) is 0 Å². The van der Waals surface area contributed by atoms with Crippen LogP contribution in [-0.2, 0) is 5.33 Å². The molecule has 0 aliphatic rings. The number of halogens is 1. The molecule has 0 amide bonds. The second kappa shape index (κ2) is 5.92. The van der Waals surface area contributed by atoms with E-state index in [1.807, 2.05) is 30.5 Å². The van der Waals surface area contributed by atoms with Gasteiger partial charge in [-0.25, -0.2) is 0 Å². The summed E-state index contributed by atoms with van der Waals surface area (Å²) in [4.78, 5) is 12.8. The summed E-state index contributed by atoms with van der Waals surface area (Å²) >= 11 is 3.48. The normalized spacial score (nSPS) is 10.4. The Balaban J connectivity index is 2.20. The van der Waals surface area contributed by atoms with Crippen molar-refractivity contribution in [1.29, 1.82) is 0 Å². The van der Waals surface area contributed by atoms with Crippen LogP contribution in [0, 0.1) is 0 Å². The maximum Gasteiger partial charge on any atom is 0.0781 e. The van der Waals surface area contributed by atoms with E-state index >= 15 is 0 Å². The van der Waals surface area contributed by atoms with Crippen LogP contribution in [0.2, 0.25) is 0 Å². The van der Waals surface area contributed by atoms with Crippen LogP contribution in [-0.4, -0.2) is 15.0 Å². The number of rotatable bonds is 3. The van der Waals surface area contributed by atoms with Crippen molar-refractivity contribution in [2.45, 2.75) is 5.33 Å². The summed E-state index contributed by atoms with van der Waals surface area (Å²) in [5, 5.41) is 0.786. The van der Waals surface area contributed by atoms with Crippen molar-refractivity contribution >= 4 is 15.9 Å². The standard InChI is InChI=1S/C16H12BrN3/c17-10-12-9-15(13-1-5-18-6-2-13)16(20-11-12)14-3-7-19-8-4-14/h1-9,11H,10H2. The molecule has 20 heavy (non-hydrogen) atoms. The highest BCUT2D eigenvalue weighted by Crippen LogP contribution is 2.30. The highest BCUT2D eigenvalue weighted by molar-refractivity contribution is 9.08. The van der Waals surface area contributed by atoms with E-state index in [4.69, 9.17) is 0 Å². The van der Waals surface area contributed by atoms with E-state index in [0.717, 1.165) is 33.3 Å². The molecule has 0 N–H and O–H groups in total. The van der Waals surface area contributed by atoms with Gasteiger partial charge in [-0.3, -0.25) is 15.0 Å². The molecule has 0 spiro atoms. The van der Waals surface area contributed by atoms with Crippen LogP contribution >= 0.6 is 15.9 Å². The predicted molar refractivity (Wildman–Crippen MR) is 83.3 cm³/mol. The van der Waals surface area contributed by atoms with Crippen molar-refractivity contribution in [2.75, 3.05) is 0 Å². The van der Waals surface area contributed by atoms with Gasteiger partial charge in [0, 0.05) is 47.4 Å². The number of hydrogen-bond acceptors (Lipinski definition) is 3. The smallest absolute Gasteiger partial charge is 0.0781 e. The van der Waals surface area contributed by atoms with Gasteiger partial charge in [0.2, 0.25) is 0 Å². The fraction of sp³-hybridized carbons (Fsp3) is 0.0625. The Morgan fingerprint density at radius 2 is 1.45 bits per heavy atom. The highest BCUT2D eigenvalue weighted by Gasteiger charge is 2.09. The van der Waals surface area contributed by atoms with E-state index in [2.05, 4.69) is 36.9 Å². The van der Waals surface area contributed by atoms with Crippen LogP contribution in [0.3, 0.4) is 0 Å². The van der Waals surface area contributed by atoms with Gasteiger partial charge in [0.15, 0.2) is 0 Å². The van der Waals surface area contributed by atoms with Crippen LogP contribution in [0.5, 0.6) is 0 Å². The van der Waals surface area contributed by atoms with Crippen molar-refractivity contribution in [2.24, 2.45) is 0 Å². The van der Waals surface area contributed by atoms with Crippen LogP contribution in [0.15, 0.2) is 61.3 Å². The van der Waals surface area contributed by atoms with E-state index < -0.39 is 0 Å². The molecule has 0 unspecified atom stereocenters. The highest BCUT2D eigenvalue weighted by atomic mass is 79.9. The second-order valence-electron chi connectivity index (χ2n) is 4.35. The molecule has 0 atom stereocenters. The summed E-state index contributed by atoms with van der Waals surface area (Å²) in [7, 11) is 0. The molecule has 0 saturated carbocycles. The number of aromatic nitrogens is 3. The van der Waals surface area contributed by atoms with Crippen molar-refractivity contribution < 1.29 is 0 Å². The van der Waals surface area contributed by atoms with Gasteiger partial charge in [-0.15, -0.1) is 0 Å². The van der Waals surface area contributed by atoms with Crippen molar-refractivity contribution in [3.63, 3.8) is 0 Å². The molecule has 3 aromatic rings. The van der Waals surface area contributed by atoms with Crippen LogP contribution in [0.1, 0.15) is 5.56 Å². The lowest BCUT2D eigenvalue weighted by atomic mass is 9.99. The van der Waals surface area contributed by atoms with Crippen molar-refractivity contribution in [1.82, 2.24) is 15.0 Å². The first-order valence-electron chi connectivity index (χ1n) is 6.24. The summed E-state index contributed by atoms with van der Waals surface area (Å²) in [6, 6.07) is 10.1. The first-order chi connectivity index (χ1) is 9.88. The first kappa shape index (κ1) is 12.9. The van der Waals surface area contributed by atoms with Crippen LogP contribution < -0.4 is 0 Å². The third kappa shape index (κ3) is 2.60. The molecule has 0 radical (unpaired) electrons. The molecular weight excluding hydrogens is 314 g/mol. The third-order valence-electron chi connectivity index (χ3n) is 3.04. The molecule has 0 fully saturated rings. The third-order valence-corrected chi connectivity index (χ3v) is 3.69. The quantitative estimate of drug-likeness (QED) is 0.680. The van der Waals surface area contributed by atoms with E-state index in [-0.39, 0.29) is 0 Å². The summed E-state index contributed by atoms with van der Waals surface area (Å²) in [6.07, 6.45) is 9.06. The molecule has 0 aliphatic carbocycles. The topological polar surface area (TPSA) is 38.7 Å². The maximum absolute atomic E-state index is 4.62. The fourth-order valence-electron chi connectivity index (χ4n) is 2.07. The molecule has 3 nitrogen and oxygen atoms in total. The van der Waals surface area contributed by atoms with E-state index in [9.17, 15) is 0 Å². The van der Waals surface area contributed by atoms with Crippen LogP contribution in [0.4, 0.5) is 0 Å². The minimum absolute atomic E-state index is 0.786. The molecule has 3 aromatic heterocycles. The van der Waals surface area contributed by atoms with Crippen LogP contribution in [0.25, 0.3) is 22.4 Å². The minimum atomic E-state index is 0.786. The molecule has 98 valence electrons. The second-order valence-corrected chi connectivity index (χ2v) is 4.91. The lowest BCUT2D eigenvalue weighted by Gasteiger charge is -2.10. The zero-order valence-corrected chi connectivity index (χ0v) is 12.3. The van der Waals surface area contributed by atoms with Gasteiger partial charge in [-0.05, 0) is 41.5 Å². The molecule has 0 saturated heterocycles. The van der Waals surface area contributed by atoms with Gasteiger partial charge in [-0.1, -0.05) is 15.9 Å². The zero-order valence-electron chi connectivity index (χ0n) is 10.7. The Kier molecular flexibility index (Phi) is 3.83. The largest absolute Gasteiger partial charge is 0.265 e. The van der Waals surface area contributed by atoms with Crippen molar-refractivity contribution in [3.05, 3.63) is 66.9 Å². The fourth-order valence-corrected chi connectivity index (χ4v) is 2.38. The zero-order chi connectivity index (χ0) is 13.8. The number of nitrogens with zero attached hydrogens (tertiary/aromatic N) is 3. The maximum atomic E-state index is 4.62. The Morgan fingerprint density at radius 3 is 2.05 bits per heavy atom. The molecule has 3 rings (SSSR count). The lowest BCUT2D eigenvalue weighted by Crippen LogP contribution is -1.92. The average Bonchev–Trinajstić information content (AvgIpc) is 2.56. The first-order valence-corrected chi connectivity index (χ1v) is 7.36. The van der Waals surface area contributed by atoms with E-state index in [1.165, 1.54) is 0 Å². The van der Waals surface area contributed by atoms with Gasteiger partial charge in [0.05, 0.1) is 5.69 Å². The van der Waals surface area contributed by atoms with E-state index in [0.29, 0.717) is 0 Å². The Hall–Kier alpha value is -2.07. The summed E-state index contributed by atoms with van der Waals surface area (Å²) in [5.74, 6) is 0. The van der Waals surface area contributed by atoms with Gasteiger partial charge < -0.3 is 0 Å². The minimum Gasteiger partial charge on any atom is -0.265 e. The monoisotopic (exact) mass is 325 g/mol. The van der Waals surface area contributed by atoms with Gasteiger partial charge >= 0.3 is 0 Å². The van der Waals surface area contributed by atoms with Gasteiger partial charge in [0.1, 0.15) is 0 Å². The van der Waals surface area contributed by atoms with Crippen molar-refractivity contribution in [3.8, 4) is 22.4 Å².